The van der Waals surface area contributed by atoms with Crippen LogP contribution in [0.4, 0.5) is 0 Å². The fourth-order valence-corrected chi connectivity index (χ4v) is 5.71. The lowest BCUT2D eigenvalue weighted by molar-refractivity contribution is -0.137. The predicted octanol–water partition coefficient (Wildman–Crippen LogP) is 5.11. The molecule has 1 N–H and O–H groups in total. The number of aromatic nitrogens is 4. The summed E-state index contributed by atoms with van der Waals surface area (Å²) in [4.78, 5) is 31.6. The molecule has 0 aliphatic carbocycles. The van der Waals surface area contributed by atoms with E-state index in [1.165, 1.54) is 5.56 Å². The van der Waals surface area contributed by atoms with Gasteiger partial charge in [0.15, 0.2) is 0 Å². The lowest BCUT2D eigenvalue weighted by Crippen LogP contribution is -2.36. The van der Waals surface area contributed by atoms with Crippen LogP contribution in [0.2, 0.25) is 0 Å². The first-order chi connectivity index (χ1) is 18.9. The van der Waals surface area contributed by atoms with Gasteiger partial charge in [0.1, 0.15) is 11.2 Å². The van der Waals surface area contributed by atoms with Crippen molar-refractivity contribution in [2.75, 3.05) is 6.54 Å². The third-order valence-corrected chi connectivity index (χ3v) is 7.82. The topological polar surface area (TPSA) is 101 Å². The Bertz CT molecular complexity index is 1740. The Labute approximate surface area is 225 Å². The predicted molar refractivity (Wildman–Crippen MR) is 149 cm³/mol. The molecule has 0 fully saturated rings. The molecule has 1 aliphatic rings. The second-order valence-corrected chi connectivity index (χ2v) is 10.1. The number of rotatable bonds is 6. The van der Waals surface area contributed by atoms with Crippen molar-refractivity contribution in [3.63, 3.8) is 0 Å². The van der Waals surface area contributed by atoms with Gasteiger partial charge >= 0.3 is 5.97 Å². The molecule has 1 unspecified atom stereocenters. The average molecular weight is 520 g/mol. The number of pyridine rings is 1. The molecule has 6 rings (SSSR count). The normalized spacial score (nSPS) is 13.9. The molecule has 8 nitrogen and oxygen atoms in total. The molecule has 1 atom stereocenters. The van der Waals surface area contributed by atoms with Gasteiger partial charge in [0.2, 0.25) is 0 Å². The van der Waals surface area contributed by atoms with E-state index in [1.54, 1.807) is 6.20 Å². The number of benzene rings is 3. The summed E-state index contributed by atoms with van der Waals surface area (Å²) >= 11 is 0. The monoisotopic (exact) mass is 519 g/mol. The Morgan fingerprint density at radius 1 is 1.03 bits per heavy atom. The molecule has 0 spiro atoms. The van der Waals surface area contributed by atoms with Gasteiger partial charge in [0, 0.05) is 37.1 Å². The van der Waals surface area contributed by atoms with Gasteiger partial charge in [0.05, 0.1) is 11.9 Å². The van der Waals surface area contributed by atoms with Crippen LogP contribution in [0.1, 0.15) is 57.6 Å². The summed E-state index contributed by atoms with van der Waals surface area (Å²) in [6, 6.07) is 19.9. The van der Waals surface area contributed by atoms with Gasteiger partial charge in [-0.1, -0.05) is 53.7 Å². The van der Waals surface area contributed by atoms with Crippen LogP contribution >= 0.6 is 0 Å². The average Bonchev–Trinajstić information content (AvgIpc) is 3.39. The molecule has 39 heavy (non-hydrogen) atoms. The van der Waals surface area contributed by atoms with Gasteiger partial charge < -0.3 is 10.0 Å². The number of hydrogen-bond donors (Lipinski definition) is 1. The maximum atomic E-state index is 13.4. The van der Waals surface area contributed by atoms with Crippen LogP contribution in [0, 0.1) is 6.92 Å². The molecule has 1 amide bonds. The van der Waals surface area contributed by atoms with E-state index in [2.05, 4.69) is 27.4 Å². The molecule has 8 heteroatoms. The highest BCUT2D eigenvalue weighted by Gasteiger charge is 2.26. The SMILES string of the molecule is CCn1nnc2c(C)c(C(CC(=O)O)c3ccc4c(c3)CN(C(=O)c3cc5ccccc5cn3)CC4)ccc21. The summed E-state index contributed by atoms with van der Waals surface area (Å²) in [6.07, 6.45) is 2.44. The van der Waals surface area contributed by atoms with Gasteiger partial charge in [-0.3, -0.25) is 14.6 Å². The number of aliphatic carboxylic acids is 1. The number of carbonyl (C=O) groups excluding carboxylic acids is 1. The molecule has 0 radical (unpaired) electrons. The van der Waals surface area contributed by atoms with Crippen molar-refractivity contribution in [3.05, 3.63) is 100 Å². The zero-order valence-electron chi connectivity index (χ0n) is 22.0. The van der Waals surface area contributed by atoms with Gasteiger partial charge in [-0.05, 0) is 65.6 Å². The van der Waals surface area contributed by atoms with Crippen molar-refractivity contribution in [2.45, 2.75) is 45.7 Å². The highest BCUT2D eigenvalue weighted by Crippen LogP contribution is 2.35. The van der Waals surface area contributed by atoms with E-state index in [-0.39, 0.29) is 18.2 Å². The first-order valence-electron chi connectivity index (χ1n) is 13.2. The van der Waals surface area contributed by atoms with Crippen molar-refractivity contribution in [2.24, 2.45) is 0 Å². The van der Waals surface area contributed by atoms with Crippen LogP contribution in [0.25, 0.3) is 21.8 Å². The number of nitrogens with zero attached hydrogens (tertiary/aromatic N) is 5. The number of amides is 1. The molecule has 5 aromatic rings. The van der Waals surface area contributed by atoms with Gasteiger partial charge in [-0.25, -0.2) is 4.68 Å². The van der Waals surface area contributed by atoms with Crippen molar-refractivity contribution in [1.29, 1.82) is 0 Å². The number of carbonyl (C=O) groups is 2. The summed E-state index contributed by atoms with van der Waals surface area (Å²) in [5.41, 5.74) is 7.17. The fraction of sp³-hybridized carbons (Fsp3) is 0.258. The van der Waals surface area contributed by atoms with Crippen LogP contribution in [-0.4, -0.2) is 48.4 Å². The highest BCUT2D eigenvalue weighted by atomic mass is 16.4. The summed E-state index contributed by atoms with van der Waals surface area (Å²) in [7, 11) is 0. The van der Waals surface area contributed by atoms with E-state index < -0.39 is 5.97 Å². The fourth-order valence-electron chi connectivity index (χ4n) is 5.71. The molecule has 1 aliphatic heterocycles. The van der Waals surface area contributed by atoms with Gasteiger partial charge in [-0.15, -0.1) is 5.10 Å². The second-order valence-electron chi connectivity index (χ2n) is 10.1. The summed E-state index contributed by atoms with van der Waals surface area (Å²) in [5.74, 6) is -1.31. The number of carboxylic acid groups (broad SMARTS) is 1. The van der Waals surface area contributed by atoms with E-state index in [0.717, 1.165) is 50.5 Å². The van der Waals surface area contributed by atoms with E-state index >= 15 is 0 Å². The van der Waals surface area contributed by atoms with Crippen molar-refractivity contribution in [3.8, 4) is 0 Å². The molecule has 196 valence electrons. The Morgan fingerprint density at radius 2 is 1.85 bits per heavy atom. The molecular weight excluding hydrogens is 490 g/mol. The molecular formula is C31H29N5O3. The largest absolute Gasteiger partial charge is 0.481 e. The molecule has 3 heterocycles. The minimum Gasteiger partial charge on any atom is -0.481 e. The maximum Gasteiger partial charge on any atom is 0.304 e. The third-order valence-electron chi connectivity index (χ3n) is 7.82. The number of aryl methyl sites for hydroxylation is 2. The number of carboxylic acids is 1. The summed E-state index contributed by atoms with van der Waals surface area (Å²) in [6.45, 7) is 5.78. The van der Waals surface area contributed by atoms with Crippen LogP contribution in [0.5, 0.6) is 0 Å². The summed E-state index contributed by atoms with van der Waals surface area (Å²) in [5, 5.41) is 20.4. The number of hydrogen-bond acceptors (Lipinski definition) is 5. The van der Waals surface area contributed by atoms with E-state index in [1.807, 2.05) is 72.0 Å². The minimum absolute atomic E-state index is 0.0449. The Hall–Kier alpha value is -4.59. The lowest BCUT2D eigenvalue weighted by atomic mass is 9.83. The standard InChI is InChI=1S/C31H29N5O3/c1-3-36-28-11-10-25(19(2)30(28)33-34-36)26(16-29(37)38)22-9-8-20-12-13-35(18-24(20)14-22)31(39)27-15-21-6-4-5-7-23(21)17-32-27/h4-11,14-15,17,26H,3,12-13,16,18H2,1-2H3,(H,37,38). The lowest BCUT2D eigenvalue weighted by Gasteiger charge is -2.30. The van der Waals surface area contributed by atoms with Crippen LogP contribution in [0.15, 0.2) is 66.9 Å². The third kappa shape index (κ3) is 4.52. The van der Waals surface area contributed by atoms with Gasteiger partial charge in [-0.2, -0.15) is 0 Å². The van der Waals surface area contributed by atoms with Gasteiger partial charge in [0.25, 0.3) is 5.91 Å². The first kappa shape index (κ1) is 24.7. The van der Waals surface area contributed by atoms with Crippen LogP contribution < -0.4 is 0 Å². The van der Waals surface area contributed by atoms with E-state index in [9.17, 15) is 14.7 Å². The Kier molecular flexibility index (Phi) is 6.30. The maximum absolute atomic E-state index is 13.4. The quantitative estimate of drug-likeness (QED) is 0.334. The first-order valence-corrected chi connectivity index (χ1v) is 13.2. The molecule has 0 saturated carbocycles. The van der Waals surface area contributed by atoms with Crippen molar-refractivity contribution >= 4 is 33.7 Å². The molecule has 0 saturated heterocycles. The zero-order valence-corrected chi connectivity index (χ0v) is 22.0. The number of fused-ring (bicyclic) bond motifs is 3. The zero-order chi connectivity index (χ0) is 27.1. The van der Waals surface area contributed by atoms with Crippen LogP contribution in [-0.2, 0) is 24.3 Å². The Balaban J connectivity index is 1.33. The van der Waals surface area contributed by atoms with E-state index in [4.69, 9.17) is 0 Å². The highest BCUT2D eigenvalue weighted by molar-refractivity contribution is 5.96. The molecule has 3 aromatic carbocycles. The summed E-state index contributed by atoms with van der Waals surface area (Å²) < 4.78 is 1.84. The minimum atomic E-state index is -0.867. The molecule has 0 bridgehead atoms. The van der Waals surface area contributed by atoms with E-state index in [0.29, 0.717) is 25.3 Å². The van der Waals surface area contributed by atoms with Crippen molar-refractivity contribution in [1.82, 2.24) is 24.9 Å². The Morgan fingerprint density at radius 3 is 2.64 bits per heavy atom. The smallest absolute Gasteiger partial charge is 0.304 e. The van der Waals surface area contributed by atoms with Crippen LogP contribution in [0.3, 0.4) is 0 Å². The molecule has 2 aromatic heterocycles. The van der Waals surface area contributed by atoms with Crippen molar-refractivity contribution < 1.29 is 14.7 Å². The second kappa shape index (κ2) is 9.94.